The number of thioether (sulfide) groups is 1. The topological polar surface area (TPSA) is 21.3 Å². The van der Waals surface area contributed by atoms with Crippen LogP contribution >= 0.6 is 27.7 Å². The molecule has 1 aliphatic heterocycles. The van der Waals surface area contributed by atoms with Gasteiger partial charge in [0.25, 0.3) is 0 Å². The Hall–Kier alpha value is -0.350. The summed E-state index contributed by atoms with van der Waals surface area (Å²) in [7, 11) is 1.68. The van der Waals surface area contributed by atoms with Crippen LogP contribution in [0.15, 0.2) is 22.7 Å². The predicted molar refractivity (Wildman–Crippen MR) is 70.0 cm³/mol. The fraction of sp³-hybridized carbons (Fsp3) is 0.455. The first-order valence-corrected chi connectivity index (χ1v) is 6.92. The molecule has 1 aromatic rings. The molecule has 0 aliphatic carbocycles. The number of hydrogen-bond acceptors (Lipinski definition) is 3. The van der Waals surface area contributed by atoms with Gasteiger partial charge in [-0.05, 0) is 46.3 Å². The lowest BCUT2D eigenvalue weighted by atomic mass is 10.2. The summed E-state index contributed by atoms with van der Waals surface area (Å²) in [5.41, 5.74) is 1.16. The number of methoxy groups -OCH3 is 1. The Morgan fingerprint density at radius 2 is 2.40 bits per heavy atom. The van der Waals surface area contributed by atoms with Crippen LogP contribution in [0.2, 0.25) is 0 Å². The third kappa shape index (κ3) is 2.82. The maximum atomic E-state index is 5.19. The molecule has 0 bridgehead atoms. The molecule has 1 atom stereocenters. The summed E-state index contributed by atoms with van der Waals surface area (Å²) >= 11 is 5.50. The molecular weight excluding hydrogens is 274 g/mol. The number of halogens is 1. The normalized spacial score (nSPS) is 20.3. The van der Waals surface area contributed by atoms with Gasteiger partial charge in [0.15, 0.2) is 0 Å². The zero-order chi connectivity index (χ0) is 10.7. The summed E-state index contributed by atoms with van der Waals surface area (Å²) in [6, 6.07) is 6.73. The van der Waals surface area contributed by atoms with Crippen molar-refractivity contribution >= 4 is 33.4 Å². The monoisotopic (exact) mass is 287 g/mol. The van der Waals surface area contributed by atoms with Gasteiger partial charge in [0.05, 0.1) is 11.6 Å². The maximum absolute atomic E-state index is 5.19. The molecule has 4 heteroatoms. The molecule has 15 heavy (non-hydrogen) atoms. The fourth-order valence-electron chi connectivity index (χ4n) is 1.64. The van der Waals surface area contributed by atoms with Crippen LogP contribution in [0, 0.1) is 0 Å². The van der Waals surface area contributed by atoms with Crippen LogP contribution < -0.4 is 10.1 Å². The highest BCUT2D eigenvalue weighted by Gasteiger charge is 2.15. The van der Waals surface area contributed by atoms with Gasteiger partial charge in [-0.2, -0.15) is 11.8 Å². The predicted octanol–water partition coefficient (Wildman–Crippen LogP) is 3.38. The highest BCUT2D eigenvalue weighted by molar-refractivity contribution is 9.10. The molecule has 0 amide bonds. The molecule has 0 saturated carbocycles. The smallest absolute Gasteiger partial charge is 0.133 e. The molecule has 82 valence electrons. The number of hydrogen-bond donors (Lipinski definition) is 1. The first-order chi connectivity index (χ1) is 7.29. The van der Waals surface area contributed by atoms with E-state index in [-0.39, 0.29) is 0 Å². The minimum Gasteiger partial charge on any atom is -0.496 e. The summed E-state index contributed by atoms with van der Waals surface area (Å²) in [5, 5.41) is 3.53. The van der Waals surface area contributed by atoms with E-state index in [1.807, 2.05) is 17.8 Å². The summed E-state index contributed by atoms with van der Waals surface area (Å²) in [4.78, 5) is 0. The van der Waals surface area contributed by atoms with E-state index in [1.54, 1.807) is 7.11 Å². The zero-order valence-electron chi connectivity index (χ0n) is 8.63. The highest BCUT2D eigenvalue weighted by atomic mass is 79.9. The molecule has 0 spiro atoms. The van der Waals surface area contributed by atoms with Gasteiger partial charge in [0.2, 0.25) is 0 Å². The maximum Gasteiger partial charge on any atom is 0.133 e. The Balaban J connectivity index is 2.05. The Bertz CT molecular complexity index is 339. The van der Waals surface area contributed by atoms with Gasteiger partial charge >= 0.3 is 0 Å². The molecule has 1 aliphatic rings. The van der Waals surface area contributed by atoms with Crippen LogP contribution in [0.4, 0.5) is 5.69 Å². The van der Waals surface area contributed by atoms with Crippen molar-refractivity contribution in [2.45, 2.75) is 12.5 Å². The van der Waals surface area contributed by atoms with Gasteiger partial charge in [0, 0.05) is 17.5 Å². The van der Waals surface area contributed by atoms with Crippen molar-refractivity contribution < 1.29 is 4.74 Å². The molecular formula is C11H14BrNOS. The summed E-state index contributed by atoms with van der Waals surface area (Å²) in [6.45, 7) is 0. The third-order valence-corrected chi connectivity index (χ3v) is 4.23. The quantitative estimate of drug-likeness (QED) is 0.921. The van der Waals surface area contributed by atoms with E-state index < -0.39 is 0 Å². The molecule has 1 aromatic carbocycles. The van der Waals surface area contributed by atoms with Crippen LogP contribution in [0.3, 0.4) is 0 Å². The lowest BCUT2D eigenvalue weighted by Gasteiger charge is -2.13. The van der Waals surface area contributed by atoms with Crippen LogP contribution in [0.5, 0.6) is 5.75 Å². The average Bonchev–Trinajstić information content (AvgIpc) is 2.71. The fourth-order valence-corrected chi connectivity index (χ4v) is 3.33. The molecule has 0 aromatic heterocycles. The van der Waals surface area contributed by atoms with E-state index in [0.29, 0.717) is 6.04 Å². The van der Waals surface area contributed by atoms with E-state index in [9.17, 15) is 0 Å². The van der Waals surface area contributed by atoms with Crippen molar-refractivity contribution in [1.29, 1.82) is 0 Å². The van der Waals surface area contributed by atoms with Crippen molar-refractivity contribution in [3.05, 3.63) is 22.7 Å². The highest BCUT2D eigenvalue weighted by Crippen LogP contribution is 2.29. The minimum absolute atomic E-state index is 0.621. The van der Waals surface area contributed by atoms with Gasteiger partial charge in [0.1, 0.15) is 5.75 Å². The molecule has 1 heterocycles. The molecule has 2 nitrogen and oxygen atoms in total. The van der Waals surface area contributed by atoms with Crippen molar-refractivity contribution in [2.24, 2.45) is 0 Å². The van der Waals surface area contributed by atoms with Gasteiger partial charge < -0.3 is 10.1 Å². The first-order valence-electron chi connectivity index (χ1n) is 4.97. The summed E-state index contributed by atoms with van der Waals surface area (Å²) in [5.74, 6) is 3.36. The molecule has 1 saturated heterocycles. The Morgan fingerprint density at radius 3 is 3.00 bits per heavy atom. The summed E-state index contributed by atoms with van der Waals surface area (Å²) in [6.07, 6.45) is 1.26. The number of anilines is 1. The molecule has 1 N–H and O–H groups in total. The number of benzene rings is 1. The van der Waals surface area contributed by atoms with Crippen LogP contribution in [-0.4, -0.2) is 24.7 Å². The Labute approximate surface area is 103 Å². The van der Waals surface area contributed by atoms with Crippen LogP contribution in [0.1, 0.15) is 6.42 Å². The van der Waals surface area contributed by atoms with Crippen molar-refractivity contribution in [1.82, 2.24) is 0 Å². The van der Waals surface area contributed by atoms with Gasteiger partial charge in [-0.3, -0.25) is 0 Å². The second kappa shape index (κ2) is 5.12. The lowest BCUT2D eigenvalue weighted by molar-refractivity contribution is 0.412. The molecule has 2 rings (SSSR count). The van der Waals surface area contributed by atoms with E-state index >= 15 is 0 Å². The second-order valence-electron chi connectivity index (χ2n) is 3.55. The zero-order valence-corrected chi connectivity index (χ0v) is 11.0. The lowest BCUT2D eigenvalue weighted by Crippen LogP contribution is -2.17. The molecule has 1 fully saturated rings. The van der Waals surface area contributed by atoms with E-state index in [2.05, 4.69) is 33.4 Å². The number of rotatable bonds is 3. The number of nitrogens with one attached hydrogen (secondary N) is 1. The first kappa shape index (κ1) is 11.1. The molecule has 1 unspecified atom stereocenters. The van der Waals surface area contributed by atoms with Gasteiger partial charge in [-0.25, -0.2) is 0 Å². The van der Waals surface area contributed by atoms with E-state index in [0.717, 1.165) is 15.9 Å². The number of ether oxygens (including phenoxy) is 1. The van der Waals surface area contributed by atoms with Gasteiger partial charge in [-0.15, -0.1) is 0 Å². The van der Waals surface area contributed by atoms with Gasteiger partial charge in [-0.1, -0.05) is 0 Å². The van der Waals surface area contributed by atoms with Crippen LogP contribution in [0.25, 0.3) is 0 Å². The van der Waals surface area contributed by atoms with Crippen molar-refractivity contribution in [2.75, 3.05) is 23.9 Å². The third-order valence-electron chi connectivity index (χ3n) is 2.45. The minimum atomic E-state index is 0.621. The van der Waals surface area contributed by atoms with E-state index in [4.69, 9.17) is 4.74 Å². The second-order valence-corrected chi connectivity index (χ2v) is 5.56. The van der Waals surface area contributed by atoms with Crippen molar-refractivity contribution in [3.63, 3.8) is 0 Å². The Morgan fingerprint density at radius 1 is 1.53 bits per heavy atom. The average molecular weight is 288 g/mol. The SMILES string of the molecule is COc1ccc(NC2CCSC2)cc1Br. The molecule has 0 radical (unpaired) electrons. The largest absolute Gasteiger partial charge is 0.496 e. The standard InChI is InChI=1S/C11H14BrNOS/c1-14-11-3-2-8(6-10(11)12)13-9-4-5-15-7-9/h2-3,6,9,13H,4-5,7H2,1H3. The van der Waals surface area contributed by atoms with Crippen molar-refractivity contribution in [3.8, 4) is 5.75 Å². The van der Waals surface area contributed by atoms with Crippen LogP contribution in [-0.2, 0) is 0 Å². The summed E-state index contributed by atoms with van der Waals surface area (Å²) < 4.78 is 6.19. The Kier molecular flexibility index (Phi) is 3.81. The van der Waals surface area contributed by atoms with E-state index in [1.165, 1.54) is 17.9 Å².